The highest BCUT2D eigenvalue weighted by atomic mass is 19.1. The molecule has 1 amide bonds. The Labute approximate surface area is 181 Å². The molecule has 0 unspecified atom stereocenters. The standard InChI is InChI=1S/C24H25FN4O2/c1-16-22(24(30)28-20-7-9-21(31-2)10-8-20)13-26-23(27-16)18-11-12-29(15-18)14-17-3-5-19(25)6-4-17/h3-10,13,18H,11-12,14-15H2,1-2H3,(H,28,30)/t18-/m0/s1. The van der Waals surface area contributed by atoms with E-state index in [2.05, 4.69) is 20.2 Å². The fourth-order valence-electron chi connectivity index (χ4n) is 3.81. The summed E-state index contributed by atoms with van der Waals surface area (Å²) in [5.41, 5.74) is 2.89. The Hall–Kier alpha value is -3.32. The molecule has 1 fully saturated rings. The third-order valence-electron chi connectivity index (χ3n) is 5.55. The fraction of sp³-hybridized carbons (Fsp3) is 0.292. The molecule has 1 atom stereocenters. The number of likely N-dealkylation sites (tertiary alicyclic amines) is 1. The van der Waals surface area contributed by atoms with Crippen molar-refractivity contribution in [3.8, 4) is 5.75 Å². The molecule has 1 aliphatic rings. The van der Waals surface area contributed by atoms with Gasteiger partial charge in [0, 0.05) is 30.9 Å². The maximum atomic E-state index is 13.1. The first kappa shape index (κ1) is 20.9. The Balaban J connectivity index is 1.38. The Morgan fingerprint density at radius 1 is 1.19 bits per heavy atom. The van der Waals surface area contributed by atoms with Crippen LogP contribution in [0.2, 0.25) is 0 Å². The van der Waals surface area contributed by atoms with Crippen molar-refractivity contribution in [3.63, 3.8) is 0 Å². The summed E-state index contributed by atoms with van der Waals surface area (Å²) < 4.78 is 18.2. The molecular formula is C24H25FN4O2. The molecule has 0 radical (unpaired) electrons. The summed E-state index contributed by atoms with van der Waals surface area (Å²) in [6.07, 6.45) is 2.57. The number of aromatic nitrogens is 2. The van der Waals surface area contributed by atoms with Crippen LogP contribution in [0.5, 0.6) is 5.75 Å². The molecule has 1 aliphatic heterocycles. The predicted molar refractivity (Wildman–Crippen MR) is 117 cm³/mol. The van der Waals surface area contributed by atoms with Crippen LogP contribution in [0.15, 0.2) is 54.7 Å². The van der Waals surface area contributed by atoms with Gasteiger partial charge in [0.2, 0.25) is 0 Å². The van der Waals surface area contributed by atoms with E-state index in [1.807, 2.05) is 19.1 Å². The lowest BCUT2D eigenvalue weighted by atomic mass is 10.1. The van der Waals surface area contributed by atoms with Gasteiger partial charge in [0.05, 0.1) is 18.4 Å². The number of aryl methyl sites for hydroxylation is 1. The van der Waals surface area contributed by atoms with E-state index < -0.39 is 0 Å². The summed E-state index contributed by atoms with van der Waals surface area (Å²) in [7, 11) is 1.60. The van der Waals surface area contributed by atoms with Crippen molar-refractivity contribution in [1.29, 1.82) is 0 Å². The van der Waals surface area contributed by atoms with Crippen LogP contribution in [0.4, 0.5) is 10.1 Å². The van der Waals surface area contributed by atoms with E-state index >= 15 is 0 Å². The van der Waals surface area contributed by atoms with E-state index in [1.54, 1.807) is 37.6 Å². The number of rotatable bonds is 6. The average Bonchev–Trinajstić information content (AvgIpc) is 3.24. The molecule has 1 aromatic heterocycles. The molecule has 7 heteroatoms. The highest BCUT2D eigenvalue weighted by Gasteiger charge is 2.26. The molecule has 0 aliphatic carbocycles. The third kappa shape index (κ3) is 5.06. The van der Waals surface area contributed by atoms with E-state index in [1.165, 1.54) is 12.1 Å². The van der Waals surface area contributed by atoms with Gasteiger partial charge in [-0.25, -0.2) is 14.4 Å². The minimum atomic E-state index is -0.237. The number of carbonyl (C=O) groups is 1. The zero-order chi connectivity index (χ0) is 21.8. The number of carbonyl (C=O) groups excluding carboxylic acids is 1. The van der Waals surface area contributed by atoms with Crippen LogP contribution in [-0.4, -0.2) is 41.0 Å². The lowest BCUT2D eigenvalue weighted by Crippen LogP contribution is -2.21. The second kappa shape index (κ2) is 9.22. The van der Waals surface area contributed by atoms with Crippen molar-refractivity contribution in [2.45, 2.75) is 25.8 Å². The molecule has 31 heavy (non-hydrogen) atoms. The van der Waals surface area contributed by atoms with Crippen molar-refractivity contribution in [1.82, 2.24) is 14.9 Å². The van der Waals surface area contributed by atoms with Gasteiger partial charge < -0.3 is 10.1 Å². The minimum absolute atomic E-state index is 0.219. The van der Waals surface area contributed by atoms with Crippen molar-refractivity contribution in [2.75, 3.05) is 25.5 Å². The average molecular weight is 420 g/mol. The lowest BCUT2D eigenvalue weighted by molar-refractivity contribution is 0.102. The second-order valence-corrected chi connectivity index (χ2v) is 7.76. The maximum Gasteiger partial charge on any atom is 0.259 e. The van der Waals surface area contributed by atoms with Crippen LogP contribution >= 0.6 is 0 Å². The van der Waals surface area contributed by atoms with Gasteiger partial charge in [-0.2, -0.15) is 0 Å². The third-order valence-corrected chi connectivity index (χ3v) is 5.55. The Morgan fingerprint density at radius 2 is 1.94 bits per heavy atom. The number of halogens is 1. The molecule has 1 N–H and O–H groups in total. The summed E-state index contributed by atoms with van der Waals surface area (Å²) in [6, 6.07) is 13.8. The van der Waals surface area contributed by atoms with Crippen molar-refractivity contribution in [3.05, 3.63) is 83.2 Å². The summed E-state index contributed by atoms with van der Waals surface area (Å²) in [5.74, 6) is 1.26. The SMILES string of the molecule is COc1ccc(NC(=O)c2cnc([C@H]3CCN(Cc4ccc(F)cc4)C3)nc2C)cc1. The zero-order valence-electron chi connectivity index (χ0n) is 17.6. The quantitative estimate of drug-likeness (QED) is 0.648. The van der Waals surface area contributed by atoms with Crippen molar-refractivity contribution >= 4 is 11.6 Å². The number of benzene rings is 2. The molecule has 0 bridgehead atoms. The van der Waals surface area contributed by atoms with E-state index in [4.69, 9.17) is 4.74 Å². The highest BCUT2D eigenvalue weighted by Crippen LogP contribution is 2.26. The number of ether oxygens (including phenoxy) is 1. The Bertz CT molecular complexity index is 1050. The molecule has 2 aromatic carbocycles. The predicted octanol–water partition coefficient (Wildman–Crippen LogP) is 4.17. The molecule has 1 saturated heterocycles. The number of anilines is 1. The first-order valence-corrected chi connectivity index (χ1v) is 10.3. The van der Waals surface area contributed by atoms with E-state index in [-0.39, 0.29) is 17.6 Å². The molecular weight excluding hydrogens is 395 g/mol. The van der Waals surface area contributed by atoms with Gasteiger partial charge in [-0.3, -0.25) is 9.69 Å². The molecule has 3 aromatic rings. The number of nitrogens with zero attached hydrogens (tertiary/aromatic N) is 3. The molecule has 0 saturated carbocycles. The largest absolute Gasteiger partial charge is 0.497 e. The number of nitrogens with one attached hydrogen (secondary N) is 1. The first-order valence-electron chi connectivity index (χ1n) is 10.3. The molecule has 4 rings (SSSR count). The fourth-order valence-corrected chi connectivity index (χ4v) is 3.81. The van der Waals surface area contributed by atoms with Crippen LogP contribution in [0.25, 0.3) is 0 Å². The van der Waals surface area contributed by atoms with Gasteiger partial charge in [-0.1, -0.05) is 12.1 Å². The Morgan fingerprint density at radius 3 is 2.61 bits per heavy atom. The van der Waals surface area contributed by atoms with Gasteiger partial charge in [-0.15, -0.1) is 0 Å². The number of hydrogen-bond acceptors (Lipinski definition) is 5. The van der Waals surface area contributed by atoms with Crippen LogP contribution in [-0.2, 0) is 6.54 Å². The lowest BCUT2D eigenvalue weighted by Gasteiger charge is -2.16. The number of methoxy groups -OCH3 is 1. The smallest absolute Gasteiger partial charge is 0.259 e. The molecule has 160 valence electrons. The van der Waals surface area contributed by atoms with E-state index in [0.717, 1.165) is 43.2 Å². The maximum absolute atomic E-state index is 13.1. The zero-order valence-corrected chi connectivity index (χ0v) is 17.6. The van der Waals surface area contributed by atoms with Crippen molar-refractivity contribution in [2.24, 2.45) is 0 Å². The van der Waals surface area contributed by atoms with Crippen LogP contribution in [0.1, 0.15) is 39.8 Å². The minimum Gasteiger partial charge on any atom is -0.497 e. The van der Waals surface area contributed by atoms with Gasteiger partial charge in [0.25, 0.3) is 5.91 Å². The van der Waals surface area contributed by atoms with Crippen LogP contribution in [0.3, 0.4) is 0 Å². The summed E-state index contributed by atoms with van der Waals surface area (Å²) in [6.45, 7) is 4.38. The molecule has 6 nitrogen and oxygen atoms in total. The second-order valence-electron chi connectivity index (χ2n) is 7.76. The van der Waals surface area contributed by atoms with Gasteiger partial charge in [0.15, 0.2) is 0 Å². The Kier molecular flexibility index (Phi) is 6.23. The topological polar surface area (TPSA) is 67.3 Å². The summed E-state index contributed by atoms with van der Waals surface area (Å²) in [4.78, 5) is 24.1. The number of amides is 1. The first-order chi connectivity index (χ1) is 15.0. The normalized spacial score (nSPS) is 16.3. The molecule has 0 spiro atoms. The van der Waals surface area contributed by atoms with Crippen LogP contribution in [0, 0.1) is 12.7 Å². The summed E-state index contributed by atoms with van der Waals surface area (Å²) in [5, 5.41) is 2.87. The number of hydrogen-bond donors (Lipinski definition) is 1. The van der Waals surface area contributed by atoms with Gasteiger partial charge >= 0.3 is 0 Å². The highest BCUT2D eigenvalue weighted by molar-refractivity contribution is 6.04. The van der Waals surface area contributed by atoms with E-state index in [9.17, 15) is 9.18 Å². The van der Waals surface area contributed by atoms with Gasteiger partial charge in [0.1, 0.15) is 17.4 Å². The van der Waals surface area contributed by atoms with Gasteiger partial charge in [-0.05, 0) is 61.9 Å². The summed E-state index contributed by atoms with van der Waals surface area (Å²) >= 11 is 0. The monoisotopic (exact) mass is 420 g/mol. The van der Waals surface area contributed by atoms with Crippen molar-refractivity contribution < 1.29 is 13.9 Å². The van der Waals surface area contributed by atoms with E-state index in [0.29, 0.717) is 16.9 Å². The molecule has 2 heterocycles. The van der Waals surface area contributed by atoms with Crippen LogP contribution < -0.4 is 10.1 Å².